The first-order valence-corrected chi connectivity index (χ1v) is 10.3. The van der Waals surface area contributed by atoms with Crippen molar-refractivity contribution in [2.75, 3.05) is 11.0 Å². The molecule has 0 saturated carbocycles. The molecule has 0 N–H and O–H groups in total. The van der Waals surface area contributed by atoms with E-state index in [1.165, 1.54) is 20.1 Å². The van der Waals surface area contributed by atoms with Crippen molar-refractivity contribution in [3.63, 3.8) is 0 Å². The van der Waals surface area contributed by atoms with Crippen molar-refractivity contribution in [3.8, 4) is 0 Å². The van der Waals surface area contributed by atoms with Crippen LogP contribution in [0.3, 0.4) is 0 Å². The second-order valence-electron chi connectivity index (χ2n) is 4.36. The molecule has 0 aromatic heterocycles. The van der Waals surface area contributed by atoms with Crippen LogP contribution in [0, 0.1) is 13.8 Å². The van der Waals surface area contributed by atoms with Crippen LogP contribution < -0.4 is 8.92 Å². The van der Waals surface area contributed by atoms with Crippen LogP contribution in [0.15, 0.2) is 48.5 Å². The summed E-state index contributed by atoms with van der Waals surface area (Å²) in [5.41, 5.74) is 4.43. The SMILES string of the molecule is Cc1cccc([Se]COC[Se]c2cccc(C)c2)c1. The summed E-state index contributed by atoms with van der Waals surface area (Å²) in [6.45, 7) is 4.28. The fourth-order valence-corrected chi connectivity index (χ4v) is 5.33. The molecular formula is C16H18OSe2. The first kappa shape index (κ1) is 14.8. The van der Waals surface area contributed by atoms with E-state index >= 15 is 0 Å². The topological polar surface area (TPSA) is 9.23 Å². The zero-order valence-electron chi connectivity index (χ0n) is 11.3. The molecule has 0 bridgehead atoms. The summed E-state index contributed by atoms with van der Waals surface area (Å²) in [7, 11) is 0. The summed E-state index contributed by atoms with van der Waals surface area (Å²) < 4.78 is 8.63. The molecule has 2 rings (SSSR count). The van der Waals surface area contributed by atoms with Gasteiger partial charge in [-0.05, 0) is 0 Å². The van der Waals surface area contributed by atoms with E-state index < -0.39 is 0 Å². The minimum absolute atomic E-state index is 0.439. The Morgan fingerprint density at radius 1 is 0.789 bits per heavy atom. The van der Waals surface area contributed by atoms with Gasteiger partial charge in [-0.15, -0.1) is 0 Å². The van der Waals surface area contributed by atoms with Crippen LogP contribution in [0.4, 0.5) is 0 Å². The molecular weight excluding hydrogens is 366 g/mol. The Morgan fingerprint density at radius 2 is 1.26 bits per heavy atom. The van der Waals surface area contributed by atoms with Gasteiger partial charge in [0.15, 0.2) is 0 Å². The predicted octanol–water partition coefficient (Wildman–Crippen LogP) is 1.59. The Labute approximate surface area is 128 Å². The summed E-state index contributed by atoms with van der Waals surface area (Å²) in [5, 5.41) is 0. The molecule has 0 unspecified atom stereocenters. The first-order valence-electron chi connectivity index (χ1n) is 6.21. The molecule has 0 aliphatic rings. The van der Waals surface area contributed by atoms with Crippen molar-refractivity contribution in [2.24, 2.45) is 0 Å². The van der Waals surface area contributed by atoms with Gasteiger partial charge in [-0.1, -0.05) is 0 Å². The molecule has 0 radical (unpaired) electrons. The van der Waals surface area contributed by atoms with E-state index in [1.54, 1.807) is 0 Å². The van der Waals surface area contributed by atoms with Crippen LogP contribution in [0.25, 0.3) is 0 Å². The van der Waals surface area contributed by atoms with Crippen LogP contribution in [-0.4, -0.2) is 40.9 Å². The number of hydrogen-bond donors (Lipinski definition) is 0. The van der Waals surface area contributed by atoms with E-state index in [4.69, 9.17) is 4.74 Å². The molecule has 2 aromatic carbocycles. The van der Waals surface area contributed by atoms with Gasteiger partial charge in [0.1, 0.15) is 0 Å². The molecule has 1 nitrogen and oxygen atoms in total. The fraction of sp³-hybridized carbons (Fsp3) is 0.250. The van der Waals surface area contributed by atoms with Crippen molar-refractivity contribution in [3.05, 3.63) is 59.7 Å². The van der Waals surface area contributed by atoms with Crippen LogP contribution in [0.1, 0.15) is 11.1 Å². The first-order chi connectivity index (χ1) is 9.24. The van der Waals surface area contributed by atoms with Crippen LogP contribution >= 0.6 is 0 Å². The van der Waals surface area contributed by atoms with E-state index in [-0.39, 0.29) is 0 Å². The second-order valence-corrected chi connectivity index (χ2v) is 8.54. The van der Waals surface area contributed by atoms with Crippen molar-refractivity contribution >= 4 is 38.8 Å². The van der Waals surface area contributed by atoms with E-state index in [1.807, 2.05) is 0 Å². The van der Waals surface area contributed by atoms with E-state index in [0.29, 0.717) is 29.9 Å². The van der Waals surface area contributed by atoms with Gasteiger partial charge in [-0.3, -0.25) is 0 Å². The summed E-state index contributed by atoms with van der Waals surface area (Å²) in [5.74, 6) is 0. The molecule has 0 atom stereocenters. The zero-order valence-corrected chi connectivity index (χ0v) is 14.7. The number of aryl methyl sites for hydroxylation is 2. The maximum absolute atomic E-state index is 5.78. The Hall–Kier alpha value is -0.561. The number of benzene rings is 2. The molecule has 0 saturated heterocycles. The number of ether oxygens (including phenoxy) is 1. The van der Waals surface area contributed by atoms with E-state index in [2.05, 4.69) is 62.4 Å². The quantitative estimate of drug-likeness (QED) is 0.543. The number of rotatable bonds is 6. The molecule has 0 heterocycles. The average Bonchev–Trinajstić information content (AvgIpc) is 2.38. The van der Waals surface area contributed by atoms with Crippen LogP contribution in [0.2, 0.25) is 0 Å². The van der Waals surface area contributed by atoms with Gasteiger partial charge >= 0.3 is 128 Å². The van der Waals surface area contributed by atoms with Gasteiger partial charge in [0.2, 0.25) is 0 Å². The maximum atomic E-state index is 5.78. The van der Waals surface area contributed by atoms with Crippen molar-refractivity contribution < 1.29 is 4.74 Å². The molecule has 100 valence electrons. The Kier molecular flexibility index (Phi) is 6.16. The Bertz CT molecular complexity index is 478. The molecule has 0 fully saturated rings. The third-order valence-electron chi connectivity index (χ3n) is 2.60. The summed E-state index contributed by atoms with van der Waals surface area (Å²) >= 11 is 0.878. The van der Waals surface area contributed by atoms with Gasteiger partial charge in [0.05, 0.1) is 0 Å². The van der Waals surface area contributed by atoms with Crippen LogP contribution in [0.5, 0.6) is 0 Å². The van der Waals surface area contributed by atoms with Gasteiger partial charge < -0.3 is 0 Å². The third kappa shape index (κ3) is 5.52. The van der Waals surface area contributed by atoms with Crippen molar-refractivity contribution in [2.45, 2.75) is 13.8 Å². The third-order valence-corrected chi connectivity index (χ3v) is 6.26. The van der Waals surface area contributed by atoms with Crippen molar-refractivity contribution in [1.29, 1.82) is 0 Å². The Morgan fingerprint density at radius 3 is 1.68 bits per heavy atom. The van der Waals surface area contributed by atoms with E-state index in [0.717, 1.165) is 11.0 Å². The predicted molar refractivity (Wildman–Crippen MR) is 84.0 cm³/mol. The minimum atomic E-state index is 0.439. The second kappa shape index (κ2) is 7.89. The molecule has 2 aromatic rings. The molecule has 0 aliphatic heterocycles. The molecule has 0 amide bonds. The fourth-order valence-electron chi connectivity index (χ4n) is 1.66. The average molecular weight is 384 g/mol. The standard InChI is InChI=1S/C16H18OSe2/c1-13-5-3-7-15(9-13)18-11-17-12-19-16-8-4-6-14(2)10-16/h3-10H,11-12H2,1-2H3. The van der Waals surface area contributed by atoms with Crippen molar-refractivity contribution in [1.82, 2.24) is 0 Å². The van der Waals surface area contributed by atoms with Gasteiger partial charge in [-0.25, -0.2) is 0 Å². The van der Waals surface area contributed by atoms with Gasteiger partial charge in [0, 0.05) is 0 Å². The van der Waals surface area contributed by atoms with E-state index in [9.17, 15) is 0 Å². The molecule has 0 spiro atoms. The molecule has 19 heavy (non-hydrogen) atoms. The normalized spacial score (nSPS) is 10.6. The molecule has 0 aliphatic carbocycles. The zero-order chi connectivity index (χ0) is 13.5. The summed E-state index contributed by atoms with van der Waals surface area (Å²) in [6.07, 6.45) is 0. The van der Waals surface area contributed by atoms with Gasteiger partial charge in [-0.2, -0.15) is 0 Å². The summed E-state index contributed by atoms with van der Waals surface area (Å²) in [6, 6.07) is 17.4. The Balaban J connectivity index is 1.67. The van der Waals surface area contributed by atoms with Crippen LogP contribution in [-0.2, 0) is 4.74 Å². The monoisotopic (exact) mass is 386 g/mol. The summed E-state index contributed by atoms with van der Waals surface area (Å²) in [4.78, 5) is 0. The van der Waals surface area contributed by atoms with Gasteiger partial charge in [0.25, 0.3) is 0 Å². The molecule has 3 heteroatoms. The number of hydrogen-bond acceptors (Lipinski definition) is 1.